The summed E-state index contributed by atoms with van der Waals surface area (Å²) in [5, 5.41) is 17.5. The molecule has 3 N–H and O–H groups in total. The van der Waals surface area contributed by atoms with Crippen molar-refractivity contribution in [3.63, 3.8) is 0 Å². The molecule has 0 saturated carbocycles. The molecule has 2 amide bonds. The minimum atomic E-state index is -1.06. The Bertz CT molecular complexity index is 624. The van der Waals surface area contributed by atoms with E-state index in [1.807, 2.05) is 0 Å². The van der Waals surface area contributed by atoms with E-state index in [1.54, 1.807) is 13.0 Å². The highest BCUT2D eigenvalue weighted by Crippen LogP contribution is 2.16. The number of nitrogens with one attached hydrogen (secondary N) is 2. The van der Waals surface area contributed by atoms with Gasteiger partial charge in [0.15, 0.2) is 5.82 Å². The van der Waals surface area contributed by atoms with Crippen LogP contribution < -0.4 is 10.6 Å². The average molecular weight is 276 g/mol. The van der Waals surface area contributed by atoms with Crippen molar-refractivity contribution in [3.05, 3.63) is 41.5 Å². The van der Waals surface area contributed by atoms with Gasteiger partial charge in [0.25, 0.3) is 0 Å². The molecule has 1 aromatic carbocycles. The Labute approximate surface area is 113 Å². The number of carbonyl (C=O) groups is 2. The Kier molecular flexibility index (Phi) is 3.94. The average Bonchev–Trinajstić information content (AvgIpc) is 2.92. The Morgan fingerprint density at radius 3 is 2.85 bits per heavy atom. The van der Waals surface area contributed by atoms with Gasteiger partial charge >= 0.3 is 12.0 Å². The zero-order chi connectivity index (χ0) is 14.5. The fourth-order valence-electron chi connectivity index (χ4n) is 1.49. The summed E-state index contributed by atoms with van der Waals surface area (Å²) < 4.78 is 4.53. The maximum absolute atomic E-state index is 11.7. The second-order valence-electron chi connectivity index (χ2n) is 3.99. The van der Waals surface area contributed by atoms with E-state index in [4.69, 9.17) is 5.11 Å². The van der Waals surface area contributed by atoms with Crippen LogP contribution >= 0.6 is 0 Å². The highest BCUT2D eigenvalue weighted by molar-refractivity contribution is 5.93. The summed E-state index contributed by atoms with van der Waals surface area (Å²) in [6, 6.07) is 4.00. The van der Waals surface area contributed by atoms with Crippen LogP contribution in [0.25, 0.3) is 0 Å². The number of nitrogens with zero attached hydrogens (tertiary/aromatic N) is 2. The van der Waals surface area contributed by atoms with E-state index in [9.17, 15) is 9.59 Å². The summed E-state index contributed by atoms with van der Waals surface area (Å²) in [6.45, 7) is 1.88. The molecule has 0 saturated heterocycles. The van der Waals surface area contributed by atoms with Crippen LogP contribution in [0.15, 0.2) is 29.1 Å². The van der Waals surface area contributed by atoms with Gasteiger partial charge in [0.2, 0.25) is 6.39 Å². The topological polar surface area (TPSA) is 117 Å². The molecule has 2 aromatic rings. The van der Waals surface area contributed by atoms with Crippen molar-refractivity contribution in [3.8, 4) is 0 Å². The molecule has 0 fully saturated rings. The number of urea groups is 1. The fraction of sp³-hybridized carbons (Fsp3) is 0.167. The monoisotopic (exact) mass is 276 g/mol. The van der Waals surface area contributed by atoms with Crippen LogP contribution in [0, 0.1) is 6.92 Å². The van der Waals surface area contributed by atoms with Gasteiger partial charge in [0.05, 0.1) is 12.1 Å². The lowest BCUT2D eigenvalue weighted by Crippen LogP contribution is -2.29. The lowest BCUT2D eigenvalue weighted by molar-refractivity contribution is 0.0697. The maximum atomic E-state index is 11.7. The van der Waals surface area contributed by atoms with Crippen molar-refractivity contribution in [2.45, 2.75) is 13.5 Å². The van der Waals surface area contributed by atoms with Crippen molar-refractivity contribution in [2.24, 2.45) is 0 Å². The first kappa shape index (κ1) is 13.5. The molecule has 104 valence electrons. The second-order valence-corrected chi connectivity index (χ2v) is 3.99. The molecule has 0 bridgehead atoms. The Morgan fingerprint density at radius 1 is 1.40 bits per heavy atom. The van der Waals surface area contributed by atoms with Crippen LogP contribution in [-0.4, -0.2) is 27.2 Å². The van der Waals surface area contributed by atoms with Gasteiger partial charge in [-0.05, 0) is 24.6 Å². The van der Waals surface area contributed by atoms with Crippen LogP contribution in [0.4, 0.5) is 10.5 Å². The van der Waals surface area contributed by atoms with E-state index in [0.29, 0.717) is 11.5 Å². The van der Waals surface area contributed by atoms with Gasteiger partial charge < -0.3 is 20.3 Å². The normalized spacial score (nSPS) is 10.1. The first-order valence-electron chi connectivity index (χ1n) is 5.70. The van der Waals surface area contributed by atoms with Gasteiger partial charge in [-0.25, -0.2) is 9.59 Å². The van der Waals surface area contributed by atoms with E-state index in [-0.39, 0.29) is 12.1 Å². The molecule has 1 heterocycles. The third-order valence-corrected chi connectivity index (χ3v) is 2.55. The van der Waals surface area contributed by atoms with E-state index in [1.165, 1.54) is 12.1 Å². The SMILES string of the molecule is Cc1ccc(C(=O)O)cc1NC(=O)NCc1ncon1. The van der Waals surface area contributed by atoms with E-state index >= 15 is 0 Å². The zero-order valence-electron chi connectivity index (χ0n) is 10.6. The predicted octanol–water partition coefficient (Wildman–Crippen LogP) is 1.40. The van der Waals surface area contributed by atoms with Crippen molar-refractivity contribution in [1.29, 1.82) is 0 Å². The summed E-state index contributed by atoms with van der Waals surface area (Å²) in [6.07, 6.45) is 1.16. The molecule has 0 unspecified atom stereocenters. The smallest absolute Gasteiger partial charge is 0.335 e. The number of carboxylic acid groups (broad SMARTS) is 1. The first-order chi connectivity index (χ1) is 9.56. The van der Waals surface area contributed by atoms with Crippen molar-refractivity contribution in [1.82, 2.24) is 15.5 Å². The minimum Gasteiger partial charge on any atom is -0.478 e. The molecule has 0 atom stereocenters. The molecular formula is C12H12N4O4. The number of rotatable bonds is 4. The van der Waals surface area contributed by atoms with Crippen molar-refractivity contribution < 1.29 is 19.2 Å². The molecule has 0 radical (unpaired) electrons. The highest BCUT2D eigenvalue weighted by Gasteiger charge is 2.09. The molecule has 0 aliphatic rings. The number of hydrogen-bond acceptors (Lipinski definition) is 5. The number of aromatic carboxylic acids is 1. The van der Waals surface area contributed by atoms with Crippen molar-refractivity contribution >= 4 is 17.7 Å². The maximum Gasteiger partial charge on any atom is 0.335 e. The van der Waals surface area contributed by atoms with Crippen LogP contribution in [0.5, 0.6) is 0 Å². The largest absolute Gasteiger partial charge is 0.478 e. The molecule has 1 aromatic heterocycles. The molecule has 8 heteroatoms. The molecule has 8 nitrogen and oxygen atoms in total. The predicted molar refractivity (Wildman–Crippen MR) is 68.3 cm³/mol. The number of benzene rings is 1. The quantitative estimate of drug-likeness (QED) is 0.776. The fourth-order valence-corrected chi connectivity index (χ4v) is 1.49. The van der Waals surface area contributed by atoms with Crippen molar-refractivity contribution in [2.75, 3.05) is 5.32 Å². The summed E-state index contributed by atoms with van der Waals surface area (Å²) in [7, 11) is 0. The summed E-state index contributed by atoms with van der Waals surface area (Å²) in [5.74, 6) is -0.712. The summed E-state index contributed by atoms with van der Waals surface area (Å²) in [4.78, 5) is 26.3. The van der Waals surface area contributed by atoms with Gasteiger partial charge in [-0.3, -0.25) is 0 Å². The lowest BCUT2D eigenvalue weighted by atomic mass is 10.1. The second kappa shape index (κ2) is 5.83. The lowest BCUT2D eigenvalue weighted by Gasteiger charge is -2.09. The Balaban J connectivity index is 2.00. The molecule has 2 rings (SSSR count). The standard InChI is InChI=1S/C12H12N4O4/c1-7-2-3-8(11(17)18)4-9(7)15-12(19)13-5-10-14-6-20-16-10/h2-4,6H,5H2,1H3,(H,17,18)(H2,13,15,19). The van der Waals surface area contributed by atoms with Gasteiger partial charge in [0, 0.05) is 5.69 Å². The third-order valence-electron chi connectivity index (χ3n) is 2.55. The number of amides is 2. The Hall–Kier alpha value is -2.90. The molecule has 0 spiro atoms. The van der Waals surface area contributed by atoms with Crippen LogP contribution in [0.1, 0.15) is 21.7 Å². The minimum absolute atomic E-state index is 0.101. The van der Waals surface area contributed by atoms with E-state index in [2.05, 4.69) is 25.3 Å². The summed E-state index contributed by atoms with van der Waals surface area (Å²) >= 11 is 0. The van der Waals surface area contributed by atoms with E-state index < -0.39 is 12.0 Å². The number of carboxylic acids is 1. The van der Waals surface area contributed by atoms with Gasteiger partial charge in [-0.1, -0.05) is 11.2 Å². The third kappa shape index (κ3) is 3.31. The highest BCUT2D eigenvalue weighted by atomic mass is 16.5. The number of anilines is 1. The number of carbonyl (C=O) groups excluding carboxylic acids is 1. The molecule has 0 aliphatic carbocycles. The zero-order valence-corrected chi connectivity index (χ0v) is 10.6. The van der Waals surface area contributed by atoms with Gasteiger partial charge in [0.1, 0.15) is 0 Å². The van der Waals surface area contributed by atoms with Gasteiger partial charge in [-0.2, -0.15) is 4.98 Å². The Morgan fingerprint density at radius 2 is 2.20 bits per heavy atom. The number of hydrogen-bond donors (Lipinski definition) is 3. The molecule has 0 aliphatic heterocycles. The summed E-state index contributed by atoms with van der Waals surface area (Å²) in [5.41, 5.74) is 1.28. The molecular weight excluding hydrogens is 264 g/mol. The number of aromatic nitrogens is 2. The van der Waals surface area contributed by atoms with Gasteiger partial charge in [-0.15, -0.1) is 0 Å². The molecule has 20 heavy (non-hydrogen) atoms. The number of aryl methyl sites for hydroxylation is 1. The first-order valence-corrected chi connectivity index (χ1v) is 5.70. The van der Waals surface area contributed by atoms with E-state index in [0.717, 1.165) is 12.0 Å². The van der Waals surface area contributed by atoms with Crippen LogP contribution in [0.3, 0.4) is 0 Å². The van der Waals surface area contributed by atoms with Crippen LogP contribution in [0.2, 0.25) is 0 Å². The van der Waals surface area contributed by atoms with Crippen LogP contribution in [-0.2, 0) is 6.54 Å².